The number of urea groups is 1. The molecule has 1 aromatic rings. The number of anilines is 1. The molecular weight excluding hydrogens is 278 g/mol. The van der Waals surface area contributed by atoms with E-state index in [1.807, 2.05) is 11.0 Å². The van der Waals surface area contributed by atoms with Crippen molar-refractivity contribution in [2.24, 2.45) is 11.8 Å². The van der Waals surface area contributed by atoms with E-state index >= 15 is 0 Å². The van der Waals surface area contributed by atoms with Gasteiger partial charge >= 0.3 is 6.03 Å². The highest BCUT2D eigenvalue weighted by Crippen LogP contribution is 2.38. The smallest absolute Gasteiger partial charge is 0.322 e. The molecule has 2 fully saturated rings. The normalized spacial score (nSPS) is 27.9. The number of rotatable bonds is 2. The molecule has 5 nitrogen and oxygen atoms in total. The van der Waals surface area contributed by atoms with Crippen LogP contribution in [-0.2, 0) is 0 Å². The molecule has 0 unspecified atom stereocenters. The van der Waals surface area contributed by atoms with Gasteiger partial charge in [-0.3, -0.25) is 0 Å². The summed E-state index contributed by atoms with van der Waals surface area (Å²) in [5.74, 6) is 1.95. The molecule has 2 heterocycles. The first kappa shape index (κ1) is 15.1. The minimum Gasteiger partial charge on any atom is -0.481 e. The van der Waals surface area contributed by atoms with Crippen LogP contribution in [0.15, 0.2) is 18.3 Å². The fourth-order valence-corrected chi connectivity index (χ4v) is 3.94. The van der Waals surface area contributed by atoms with Crippen molar-refractivity contribution in [2.75, 3.05) is 19.0 Å². The maximum Gasteiger partial charge on any atom is 0.322 e. The first-order valence-corrected chi connectivity index (χ1v) is 8.26. The Balaban J connectivity index is 1.67. The van der Waals surface area contributed by atoms with Gasteiger partial charge < -0.3 is 15.0 Å². The fourth-order valence-electron chi connectivity index (χ4n) is 3.94. The van der Waals surface area contributed by atoms with E-state index in [0.29, 0.717) is 17.8 Å². The van der Waals surface area contributed by atoms with Crippen LogP contribution in [0.5, 0.6) is 5.88 Å². The Morgan fingerprint density at radius 3 is 2.86 bits per heavy atom. The highest BCUT2D eigenvalue weighted by Gasteiger charge is 2.39. The molecule has 0 spiro atoms. The third-order valence-corrected chi connectivity index (χ3v) is 5.20. The van der Waals surface area contributed by atoms with Gasteiger partial charge in [-0.25, -0.2) is 9.78 Å². The third kappa shape index (κ3) is 3.03. The van der Waals surface area contributed by atoms with Crippen molar-refractivity contribution in [1.29, 1.82) is 0 Å². The fraction of sp³-hybridized carbons (Fsp3) is 0.647. The van der Waals surface area contributed by atoms with Crippen molar-refractivity contribution < 1.29 is 9.53 Å². The first-order chi connectivity index (χ1) is 10.7. The zero-order chi connectivity index (χ0) is 15.5. The van der Waals surface area contributed by atoms with Crippen LogP contribution >= 0.6 is 0 Å². The van der Waals surface area contributed by atoms with Gasteiger partial charge in [-0.1, -0.05) is 19.8 Å². The van der Waals surface area contributed by atoms with E-state index in [2.05, 4.69) is 17.2 Å². The quantitative estimate of drug-likeness (QED) is 0.909. The lowest BCUT2D eigenvalue weighted by molar-refractivity contribution is 0.0551. The number of hydrogen-bond acceptors (Lipinski definition) is 3. The number of nitrogens with one attached hydrogen (secondary N) is 1. The van der Waals surface area contributed by atoms with Crippen LogP contribution in [0.2, 0.25) is 0 Å². The summed E-state index contributed by atoms with van der Waals surface area (Å²) in [6, 6.07) is 4.01. The summed E-state index contributed by atoms with van der Waals surface area (Å²) in [6.07, 6.45) is 7.70. The van der Waals surface area contributed by atoms with Crippen LogP contribution in [0.4, 0.5) is 10.5 Å². The van der Waals surface area contributed by atoms with Crippen LogP contribution < -0.4 is 10.1 Å². The molecule has 1 N–H and O–H groups in total. The molecule has 3 rings (SSSR count). The van der Waals surface area contributed by atoms with E-state index in [0.717, 1.165) is 31.0 Å². The summed E-state index contributed by atoms with van der Waals surface area (Å²) >= 11 is 0. The van der Waals surface area contributed by atoms with Gasteiger partial charge in [0.1, 0.15) is 0 Å². The summed E-state index contributed by atoms with van der Waals surface area (Å²) in [4.78, 5) is 18.8. The average molecular weight is 303 g/mol. The number of aromatic nitrogens is 1. The summed E-state index contributed by atoms with van der Waals surface area (Å²) < 4.78 is 5.04. The summed E-state index contributed by atoms with van der Waals surface area (Å²) in [7, 11) is 1.58. The number of likely N-dealkylation sites (tertiary alicyclic amines) is 1. The zero-order valence-electron chi connectivity index (χ0n) is 13.4. The minimum absolute atomic E-state index is 0.00997. The summed E-state index contributed by atoms with van der Waals surface area (Å²) in [6.45, 7) is 3.20. The van der Waals surface area contributed by atoms with Crippen molar-refractivity contribution >= 4 is 11.7 Å². The lowest BCUT2D eigenvalue weighted by atomic mass is 9.73. The minimum atomic E-state index is 0.00997. The van der Waals surface area contributed by atoms with E-state index < -0.39 is 0 Å². The van der Waals surface area contributed by atoms with Gasteiger partial charge in [0.25, 0.3) is 0 Å². The predicted molar refractivity (Wildman–Crippen MR) is 86.0 cm³/mol. The standard InChI is InChI=1S/C17H25N3O2/c1-12-9-10-20(15-6-4-3-5-14(12)15)17(21)19-13-7-8-16(22-2)18-11-13/h7-8,11-12,14-15H,3-6,9-10H2,1-2H3,(H,19,21)/t12-,14+,15+/m0/s1. The molecule has 0 radical (unpaired) electrons. The Bertz CT molecular complexity index is 517. The summed E-state index contributed by atoms with van der Waals surface area (Å²) in [5.41, 5.74) is 0.719. The number of carbonyl (C=O) groups is 1. The van der Waals surface area contributed by atoms with Crippen molar-refractivity contribution in [3.05, 3.63) is 18.3 Å². The molecule has 120 valence electrons. The molecule has 2 amide bonds. The number of fused-ring (bicyclic) bond motifs is 1. The average Bonchev–Trinajstić information content (AvgIpc) is 2.56. The molecular formula is C17H25N3O2. The molecule has 0 aromatic carbocycles. The van der Waals surface area contributed by atoms with E-state index in [1.54, 1.807) is 19.4 Å². The molecule has 2 aliphatic rings. The van der Waals surface area contributed by atoms with Crippen LogP contribution in [0.3, 0.4) is 0 Å². The zero-order valence-corrected chi connectivity index (χ0v) is 13.4. The Morgan fingerprint density at radius 2 is 2.14 bits per heavy atom. The van der Waals surface area contributed by atoms with Gasteiger partial charge in [0.2, 0.25) is 5.88 Å². The molecule has 1 aliphatic heterocycles. The first-order valence-electron chi connectivity index (χ1n) is 8.26. The number of methoxy groups -OCH3 is 1. The van der Waals surface area contributed by atoms with Crippen molar-refractivity contribution in [1.82, 2.24) is 9.88 Å². The topological polar surface area (TPSA) is 54.5 Å². The van der Waals surface area contributed by atoms with E-state index in [4.69, 9.17) is 4.74 Å². The second kappa shape index (κ2) is 6.55. The highest BCUT2D eigenvalue weighted by molar-refractivity contribution is 5.89. The van der Waals surface area contributed by atoms with Crippen molar-refractivity contribution in [2.45, 2.75) is 45.1 Å². The number of ether oxygens (including phenoxy) is 1. The monoisotopic (exact) mass is 303 g/mol. The van der Waals surface area contributed by atoms with Crippen molar-refractivity contribution in [3.63, 3.8) is 0 Å². The second-order valence-corrected chi connectivity index (χ2v) is 6.49. The second-order valence-electron chi connectivity index (χ2n) is 6.49. The van der Waals surface area contributed by atoms with E-state index in [9.17, 15) is 4.79 Å². The number of carbonyl (C=O) groups excluding carboxylic acids is 1. The number of hydrogen-bond donors (Lipinski definition) is 1. The van der Waals surface area contributed by atoms with Gasteiger partial charge in [0.05, 0.1) is 19.0 Å². The molecule has 3 atom stereocenters. The largest absolute Gasteiger partial charge is 0.481 e. The number of nitrogens with zero attached hydrogens (tertiary/aromatic N) is 2. The van der Waals surface area contributed by atoms with Gasteiger partial charge in [-0.05, 0) is 37.2 Å². The van der Waals surface area contributed by atoms with Gasteiger partial charge in [-0.2, -0.15) is 0 Å². The SMILES string of the molecule is COc1ccc(NC(=O)N2CC[C@H](C)[C@H]3CCCC[C@H]32)cn1. The molecule has 1 aliphatic carbocycles. The van der Waals surface area contributed by atoms with Gasteiger partial charge in [0, 0.05) is 18.7 Å². The summed E-state index contributed by atoms with van der Waals surface area (Å²) in [5, 5.41) is 2.98. The molecule has 1 saturated heterocycles. The lowest BCUT2D eigenvalue weighted by Crippen LogP contribution is -2.53. The molecule has 22 heavy (non-hydrogen) atoms. The number of piperidine rings is 1. The molecule has 1 saturated carbocycles. The Hall–Kier alpha value is -1.78. The number of amides is 2. The predicted octanol–water partition coefficient (Wildman–Crippen LogP) is 3.52. The maximum absolute atomic E-state index is 12.6. The van der Waals surface area contributed by atoms with Crippen LogP contribution in [0.25, 0.3) is 0 Å². The Labute approximate surface area is 132 Å². The van der Waals surface area contributed by atoms with Crippen LogP contribution in [0, 0.1) is 11.8 Å². The molecule has 0 bridgehead atoms. The van der Waals surface area contributed by atoms with Crippen molar-refractivity contribution in [3.8, 4) is 5.88 Å². The van der Waals surface area contributed by atoms with Crippen LogP contribution in [-0.4, -0.2) is 35.6 Å². The highest BCUT2D eigenvalue weighted by atomic mass is 16.5. The molecule has 5 heteroatoms. The van der Waals surface area contributed by atoms with Gasteiger partial charge in [0.15, 0.2) is 0 Å². The lowest BCUT2D eigenvalue weighted by Gasteiger charge is -2.47. The van der Waals surface area contributed by atoms with E-state index in [1.165, 1.54) is 19.3 Å². The number of pyridine rings is 1. The van der Waals surface area contributed by atoms with Gasteiger partial charge in [-0.15, -0.1) is 0 Å². The van der Waals surface area contributed by atoms with Crippen LogP contribution in [0.1, 0.15) is 39.0 Å². The Morgan fingerprint density at radius 1 is 1.32 bits per heavy atom. The molecule has 1 aromatic heterocycles. The third-order valence-electron chi connectivity index (χ3n) is 5.20. The Kier molecular flexibility index (Phi) is 4.50. The van der Waals surface area contributed by atoms with E-state index in [-0.39, 0.29) is 6.03 Å². The maximum atomic E-state index is 12.6.